The molecule has 0 radical (unpaired) electrons. The van der Waals surface area contributed by atoms with Crippen molar-refractivity contribution >= 4 is 29.1 Å². The molecule has 0 saturated heterocycles. The summed E-state index contributed by atoms with van der Waals surface area (Å²) in [6, 6.07) is 10.0. The van der Waals surface area contributed by atoms with Crippen molar-refractivity contribution in [3.8, 4) is 0 Å². The van der Waals surface area contributed by atoms with Gasteiger partial charge in [0, 0.05) is 50.7 Å². The lowest BCUT2D eigenvalue weighted by molar-refractivity contribution is 0.547. The van der Waals surface area contributed by atoms with Gasteiger partial charge in [-0.05, 0) is 136 Å². The van der Waals surface area contributed by atoms with Crippen molar-refractivity contribution in [2.45, 2.75) is 96.6 Å². The number of benzene rings is 1. The van der Waals surface area contributed by atoms with Gasteiger partial charge in [0.25, 0.3) is 0 Å². The second-order valence-corrected chi connectivity index (χ2v) is 14.1. The minimum Gasteiger partial charge on any atom is -0.345 e. The van der Waals surface area contributed by atoms with Crippen LogP contribution in [0.3, 0.4) is 0 Å². The Bertz CT molecular complexity index is 2000. The highest BCUT2D eigenvalue weighted by Crippen LogP contribution is 2.44. The highest BCUT2D eigenvalue weighted by atomic mass is 15.0. The van der Waals surface area contributed by atoms with Crippen LogP contribution in [0.4, 0.5) is 0 Å². The van der Waals surface area contributed by atoms with Gasteiger partial charge in [-0.2, -0.15) is 0 Å². The molecule has 1 aromatic carbocycles. The van der Waals surface area contributed by atoms with Gasteiger partial charge in [-0.1, -0.05) is 66.8 Å². The summed E-state index contributed by atoms with van der Waals surface area (Å²) in [6.07, 6.45) is 37.3. The number of para-hydroxylation sites is 1. The summed E-state index contributed by atoms with van der Waals surface area (Å²) in [6.45, 7) is 4.71. The number of hydrogen-bond acceptors (Lipinski definition) is 0. The van der Waals surface area contributed by atoms with Crippen molar-refractivity contribution in [1.29, 1.82) is 0 Å². The van der Waals surface area contributed by atoms with Crippen molar-refractivity contribution in [3.05, 3.63) is 134 Å². The quantitative estimate of drug-likeness (QED) is 0.287. The largest absolute Gasteiger partial charge is 0.345 e. The fraction of sp³-hybridized carbons (Fsp3) is 0.349. The first-order valence-corrected chi connectivity index (χ1v) is 17.6. The molecule has 0 bridgehead atoms. The minimum atomic E-state index is 0.367. The van der Waals surface area contributed by atoms with E-state index in [1.165, 1.54) is 76.5 Å². The molecule has 45 heavy (non-hydrogen) atoms. The molecule has 0 spiro atoms. The van der Waals surface area contributed by atoms with Gasteiger partial charge in [-0.25, -0.2) is 0 Å². The fourth-order valence-corrected chi connectivity index (χ4v) is 9.32. The second kappa shape index (κ2) is 10.8. The smallest absolute Gasteiger partial charge is 0.0557 e. The molecule has 3 aromatic rings. The van der Waals surface area contributed by atoms with Gasteiger partial charge in [-0.3, -0.25) is 0 Å². The van der Waals surface area contributed by atoms with Crippen LogP contribution in [0, 0.1) is 0 Å². The predicted octanol–water partition coefficient (Wildman–Crippen LogP) is 11.1. The lowest BCUT2D eigenvalue weighted by Crippen LogP contribution is -2.15. The number of hydrogen-bond donors (Lipinski definition) is 0. The van der Waals surface area contributed by atoms with Crippen LogP contribution in [0.1, 0.15) is 111 Å². The molecular weight excluding hydrogens is 544 g/mol. The summed E-state index contributed by atoms with van der Waals surface area (Å²) in [7, 11) is 0. The molecular formula is C43H44N2. The van der Waals surface area contributed by atoms with E-state index in [4.69, 9.17) is 0 Å². The molecule has 2 heterocycles. The highest BCUT2D eigenvalue weighted by Gasteiger charge is 2.29. The van der Waals surface area contributed by atoms with E-state index in [1.807, 2.05) is 0 Å². The van der Waals surface area contributed by atoms with Crippen LogP contribution in [0.25, 0.3) is 29.1 Å². The van der Waals surface area contributed by atoms with Crippen LogP contribution < -0.4 is 0 Å². The first kappa shape index (κ1) is 27.3. The molecule has 0 aliphatic heterocycles. The normalized spacial score (nSPS) is 22.1. The fourth-order valence-electron chi connectivity index (χ4n) is 9.32. The average Bonchev–Trinajstić information content (AvgIpc) is 3.60. The first-order chi connectivity index (χ1) is 22.2. The van der Waals surface area contributed by atoms with Crippen LogP contribution in [-0.4, -0.2) is 9.13 Å². The summed E-state index contributed by atoms with van der Waals surface area (Å²) in [5, 5.41) is 1.41. The zero-order chi connectivity index (χ0) is 30.1. The van der Waals surface area contributed by atoms with E-state index in [0.29, 0.717) is 12.1 Å². The Morgan fingerprint density at radius 3 is 2.31 bits per heavy atom. The average molecular weight is 589 g/mol. The lowest BCUT2D eigenvalue weighted by atomic mass is 9.80. The number of nitrogens with zero attached hydrogens (tertiary/aromatic N) is 2. The molecule has 9 rings (SSSR count). The van der Waals surface area contributed by atoms with Gasteiger partial charge >= 0.3 is 0 Å². The molecule has 6 aliphatic carbocycles. The maximum absolute atomic E-state index is 2.68. The monoisotopic (exact) mass is 588 g/mol. The standard InChI is InChI=1S/C43H44N2/c1-28(2)44-40-16-7-5-13-36(40)38-26-31(20-24-42(38)44)32-21-25-43-39(27-32)37-14-6-8-17-41(37)45(43)33-22-18-30(19-23-33)35-15-9-11-29-10-3-4-12-34(29)35/h3,5-6,8,10,13-15,17-19,22,26-28,33H,4,7,9,11-12,16,20-21,23-25H2,1-2H3. The molecule has 226 valence electrons. The van der Waals surface area contributed by atoms with Gasteiger partial charge in [0.2, 0.25) is 0 Å². The zero-order valence-electron chi connectivity index (χ0n) is 26.9. The molecule has 1 unspecified atom stereocenters. The van der Waals surface area contributed by atoms with Gasteiger partial charge < -0.3 is 9.13 Å². The summed E-state index contributed by atoms with van der Waals surface area (Å²) in [5.41, 5.74) is 19.7. The van der Waals surface area contributed by atoms with Crippen LogP contribution in [0.5, 0.6) is 0 Å². The minimum absolute atomic E-state index is 0.367. The van der Waals surface area contributed by atoms with E-state index in [9.17, 15) is 0 Å². The Hall–Kier alpha value is -4.04. The van der Waals surface area contributed by atoms with Crippen molar-refractivity contribution in [2.24, 2.45) is 0 Å². The molecule has 0 amide bonds. The van der Waals surface area contributed by atoms with Gasteiger partial charge in [0.15, 0.2) is 0 Å². The van der Waals surface area contributed by atoms with Crippen LogP contribution in [0.15, 0.2) is 100 Å². The molecule has 0 saturated carbocycles. The second-order valence-electron chi connectivity index (χ2n) is 14.1. The maximum Gasteiger partial charge on any atom is 0.0557 e. The molecule has 1 atom stereocenters. The van der Waals surface area contributed by atoms with E-state index in [0.717, 1.165) is 38.5 Å². The van der Waals surface area contributed by atoms with Gasteiger partial charge in [0.05, 0.1) is 6.04 Å². The van der Waals surface area contributed by atoms with Crippen LogP contribution in [0.2, 0.25) is 0 Å². The molecule has 0 fully saturated rings. The van der Waals surface area contributed by atoms with E-state index in [1.54, 1.807) is 33.7 Å². The summed E-state index contributed by atoms with van der Waals surface area (Å²) >= 11 is 0. The molecule has 2 nitrogen and oxygen atoms in total. The molecule has 2 aromatic heterocycles. The molecule has 2 heteroatoms. The number of aromatic nitrogens is 2. The van der Waals surface area contributed by atoms with E-state index < -0.39 is 0 Å². The Kier molecular flexibility index (Phi) is 6.55. The first-order valence-electron chi connectivity index (χ1n) is 17.6. The molecule has 6 aliphatic rings. The van der Waals surface area contributed by atoms with Crippen molar-refractivity contribution in [2.75, 3.05) is 0 Å². The highest BCUT2D eigenvalue weighted by molar-refractivity contribution is 5.93. The third-order valence-corrected chi connectivity index (χ3v) is 11.3. The Labute approximate surface area is 268 Å². The zero-order valence-corrected chi connectivity index (χ0v) is 26.9. The predicted molar refractivity (Wildman–Crippen MR) is 190 cm³/mol. The van der Waals surface area contributed by atoms with E-state index >= 15 is 0 Å². The van der Waals surface area contributed by atoms with Crippen molar-refractivity contribution in [3.63, 3.8) is 0 Å². The third-order valence-electron chi connectivity index (χ3n) is 11.3. The van der Waals surface area contributed by atoms with Crippen LogP contribution in [-0.2, 0) is 19.3 Å². The number of allylic oxidation sites excluding steroid dienone is 13. The van der Waals surface area contributed by atoms with E-state index in [-0.39, 0.29) is 0 Å². The summed E-state index contributed by atoms with van der Waals surface area (Å²) < 4.78 is 5.34. The number of rotatable bonds is 4. The van der Waals surface area contributed by atoms with Crippen molar-refractivity contribution in [1.82, 2.24) is 9.13 Å². The topological polar surface area (TPSA) is 9.86 Å². The van der Waals surface area contributed by atoms with Gasteiger partial charge in [-0.15, -0.1) is 0 Å². The van der Waals surface area contributed by atoms with Crippen LogP contribution >= 0.6 is 0 Å². The Morgan fingerprint density at radius 1 is 0.689 bits per heavy atom. The SMILES string of the molecule is CC(C)n1c2c(c3c1CCC(C1=Cc4c(n(C5C=CC(C6=CCCC7=C6CCC=C7)=CC5)c5ccccc45)CC1)=C3)C=CCC2. The number of fused-ring (bicyclic) bond motifs is 6. The Morgan fingerprint density at radius 2 is 1.47 bits per heavy atom. The summed E-state index contributed by atoms with van der Waals surface area (Å²) in [5.74, 6) is 0. The maximum atomic E-state index is 2.68. The van der Waals surface area contributed by atoms with E-state index in [2.05, 4.69) is 108 Å². The Balaban J connectivity index is 1.07. The van der Waals surface area contributed by atoms with Gasteiger partial charge in [0.1, 0.15) is 0 Å². The summed E-state index contributed by atoms with van der Waals surface area (Å²) in [4.78, 5) is 0. The lowest BCUT2D eigenvalue weighted by Gasteiger charge is -2.28. The molecule has 0 N–H and O–H groups in total. The third kappa shape index (κ3) is 4.36. The van der Waals surface area contributed by atoms with Crippen molar-refractivity contribution < 1.29 is 0 Å².